The minimum Gasteiger partial charge on any atom is -0.507 e. The third-order valence-electron chi connectivity index (χ3n) is 5.00. The van der Waals surface area contributed by atoms with Crippen LogP contribution in [0.25, 0.3) is 0 Å². The van der Waals surface area contributed by atoms with Gasteiger partial charge in [-0.25, -0.2) is 0 Å². The molecule has 4 atom stereocenters. The number of phenolic OH excluding ortho intramolecular Hbond substituents is 1. The fourth-order valence-corrected chi connectivity index (χ4v) is 3.66. The molecular formula is C17H18O8. The largest absolute Gasteiger partial charge is 0.507 e. The summed E-state index contributed by atoms with van der Waals surface area (Å²) < 4.78 is 10.1. The van der Waals surface area contributed by atoms with Crippen molar-refractivity contribution in [1.82, 2.24) is 0 Å². The van der Waals surface area contributed by atoms with Crippen LogP contribution in [0.4, 0.5) is 0 Å². The number of carbonyl (C=O) groups is 3. The highest BCUT2D eigenvalue weighted by molar-refractivity contribution is 6.23. The summed E-state index contributed by atoms with van der Waals surface area (Å²) in [5, 5.41) is 32.0. The van der Waals surface area contributed by atoms with Crippen LogP contribution in [-0.4, -0.2) is 63.4 Å². The molecule has 1 heterocycles. The van der Waals surface area contributed by atoms with E-state index in [0.29, 0.717) is 0 Å². The highest BCUT2D eigenvalue weighted by Gasteiger charge is 2.69. The average Bonchev–Trinajstić information content (AvgIpc) is 2.56. The van der Waals surface area contributed by atoms with Gasteiger partial charge in [-0.05, 0) is 13.0 Å². The normalized spacial score (nSPS) is 34.2. The summed E-state index contributed by atoms with van der Waals surface area (Å²) in [7, 11) is 1.18. The van der Waals surface area contributed by atoms with Crippen LogP contribution in [0.1, 0.15) is 40.5 Å². The molecule has 8 heteroatoms. The minimum atomic E-state index is -2.52. The molecule has 0 spiro atoms. The minimum absolute atomic E-state index is 0.181. The van der Waals surface area contributed by atoms with Crippen LogP contribution < -0.4 is 0 Å². The predicted octanol–water partition coefficient (Wildman–Crippen LogP) is -0.0261. The molecule has 25 heavy (non-hydrogen) atoms. The molecule has 3 rings (SSSR count). The molecule has 0 amide bonds. The smallest absolute Gasteiger partial charge is 0.308 e. The van der Waals surface area contributed by atoms with Crippen molar-refractivity contribution in [2.45, 2.75) is 43.2 Å². The summed E-state index contributed by atoms with van der Waals surface area (Å²) in [6.45, 7) is 1.34. The summed E-state index contributed by atoms with van der Waals surface area (Å²) in [5.74, 6) is -2.98. The Bertz CT molecular complexity index is 772. The Labute approximate surface area is 143 Å². The van der Waals surface area contributed by atoms with Gasteiger partial charge in [0.15, 0.2) is 11.2 Å². The zero-order chi connectivity index (χ0) is 18.6. The number of aliphatic hydroxyl groups is 2. The lowest BCUT2D eigenvalue weighted by atomic mass is 9.61. The zero-order valence-corrected chi connectivity index (χ0v) is 13.7. The van der Waals surface area contributed by atoms with Gasteiger partial charge in [0.05, 0.1) is 31.3 Å². The van der Waals surface area contributed by atoms with Gasteiger partial charge in [-0.1, -0.05) is 12.1 Å². The standard InChI is InChI=1S/C17H18O8/c1-8-17(23)14(20)10-4-3-5-11(18)13(10)15(21)16(17,22)7-9(25-8)6-12(19)24-2/h3-5,8-9,18,22-23H,6-7H2,1-2H3. The number of fused-ring (bicyclic) bond motifs is 2. The van der Waals surface area contributed by atoms with Crippen molar-refractivity contribution >= 4 is 17.5 Å². The van der Waals surface area contributed by atoms with Crippen LogP contribution in [0.3, 0.4) is 0 Å². The first-order chi connectivity index (χ1) is 11.7. The summed E-state index contributed by atoms with van der Waals surface area (Å²) in [4.78, 5) is 37.2. The van der Waals surface area contributed by atoms with E-state index in [9.17, 15) is 29.7 Å². The maximum Gasteiger partial charge on any atom is 0.308 e. The molecule has 0 aromatic heterocycles. The number of ether oxygens (including phenoxy) is 2. The van der Waals surface area contributed by atoms with Crippen LogP contribution in [0.15, 0.2) is 18.2 Å². The number of benzene rings is 1. The van der Waals surface area contributed by atoms with Crippen molar-refractivity contribution in [3.63, 3.8) is 0 Å². The van der Waals surface area contributed by atoms with Crippen molar-refractivity contribution < 1.29 is 39.2 Å². The van der Waals surface area contributed by atoms with E-state index in [1.807, 2.05) is 0 Å². The first-order valence-corrected chi connectivity index (χ1v) is 7.75. The van der Waals surface area contributed by atoms with Gasteiger partial charge in [-0.2, -0.15) is 0 Å². The first kappa shape index (κ1) is 17.5. The Kier molecular flexibility index (Phi) is 3.94. The number of carbonyl (C=O) groups excluding carboxylic acids is 3. The second kappa shape index (κ2) is 5.62. The quantitative estimate of drug-likeness (QED) is 0.634. The second-order valence-corrected chi connectivity index (χ2v) is 6.37. The van der Waals surface area contributed by atoms with E-state index in [4.69, 9.17) is 4.74 Å². The molecule has 3 N–H and O–H groups in total. The third kappa shape index (κ3) is 2.21. The molecule has 0 saturated carbocycles. The van der Waals surface area contributed by atoms with Crippen LogP contribution in [0, 0.1) is 0 Å². The Morgan fingerprint density at radius 1 is 1.32 bits per heavy atom. The first-order valence-electron chi connectivity index (χ1n) is 7.75. The van der Waals surface area contributed by atoms with Gasteiger partial charge in [-0.15, -0.1) is 0 Å². The number of phenols is 1. The zero-order valence-electron chi connectivity index (χ0n) is 13.7. The number of hydrogen-bond acceptors (Lipinski definition) is 8. The molecule has 4 unspecified atom stereocenters. The highest BCUT2D eigenvalue weighted by atomic mass is 16.5. The molecule has 8 nitrogen and oxygen atoms in total. The van der Waals surface area contributed by atoms with Crippen LogP contribution >= 0.6 is 0 Å². The lowest BCUT2D eigenvalue weighted by molar-refractivity contribution is -0.228. The van der Waals surface area contributed by atoms with Gasteiger partial charge < -0.3 is 24.8 Å². The van der Waals surface area contributed by atoms with E-state index in [1.165, 1.54) is 32.2 Å². The lowest BCUT2D eigenvalue weighted by Gasteiger charge is -2.52. The van der Waals surface area contributed by atoms with Crippen LogP contribution in [0.2, 0.25) is 0 Å². The Hall–Kier alpha value is -2.29. The van der Waals surface area contributed by atoms with E-state index in [0.717, 1.165) is 0 Å². The van der Waals surface area contributed by atoms with Crippen LogP contribution in [0.5, 0.6) is 5.75 Å². The van der Waals surface area contributed by atoms with Gasteiger partial charge in [0.25, 0.3) is 0 Å². The summed E-state index contributed by atoms with van der Waals surface area (Å²) >= 11 is 0. The van der Waals surface area contributed by atoms with E-state index in [-0.39, 0.29) is 17.5 Å². The van der Waals surface area contributed by atoms with Gasteiger partial charge in [0, 0.05) is 12.0 Å². The molecule has 134 valence electrons. The summed E-state index contributed by atoms with van der Waals surface area (Å²) in [5.41, 5.74) is -5.56. The number of methoxy groups -OCH3 is 1. The van der Waals surface area contributed by atoms with Crippen molar-refractivity contribution in [2.24, 2.45) is 0 Å². The fourth-order valence-electron chi connectivity index (χ4n) is 3.66. The topological polar surface area (TPSA) is 130 Å². The van der Waals surface area contributed by atoms with E-state index in [1.54, 1.807) is 0 Å². The number of esters is 1. The number of hydrogen-bond donors (Lipinski definition) is 3. The van der Waals surface area contributed by atoms with Gasteiger partial charge in [0.2, 0.25) is 11.6 Å². The summed E-state index contributed by atoms with van der Waals surface area (Å²) in [6, 6.07) is 3.87. The highest BCUT2D eigenvalue weighted by Crippen LogP contribution is 2.48. The van der Waals surface area contributed by atoms with Crippen molar-refractivity contribution in [3.05, 3.63) is 29.3 Å². The average molecular weight is 350 g/mol. The Balaban J connectivity index is 2.12. The maximum absolute atomic E-state index is 12.9. The lowest BCUT2D eigenvalue weighted by Crippen LogP contribution is -2.75. The van der Waals surface area contributed by atoms with E-state index >= 15 is 0 Å². The monoisotopic (exact) mass is 350 g/mol. The predicted molar refractivity (Wildman–Crippen MR) is 82.3 cm³/mol. The fraction of sp³-hybridized carbons (Fsp3) is 0.471. The van der Waals surface area contributed by atoms with Crippen molar-refractivity contribution in [1.29, 1.82) is 0 Å². The molecule has 1 aliphatic carbocycles. The van der Waals surface area contributed by atoms with Gasteiger partial charge in [-0.3, -0.25) is 14.4 Å². The van der Waals surface area contributed by atoms with Crippen LogP contribution in [-0.2, 0) is 14.3 Å². The van der Waals surface area contributed by atoms with Gasteiger partial charge >= 0.3 is 5.97 Å². The molecule has 1 aliphatic heterocycles. The molecule has 1 aromatic carbocycles. The molecular weight excluding hydrogens is 332 g/mol. The van der Waals surface area contributed by atoms with Crippen molar-refractivity contribution in [3.8, 4) is 5.75 Å². The molecule has 1 fully saturated rings. The molecule has 0 radical (unpaired) electrons. The number of Topliss-reactive ketones (excluding diaryl/α,β-unsaturated/α-hetero) is 2. The van der Waals surface area contributed by atoms with Gasteiger partial charge in [0.1, 0.15) is 5.75 Å². The molecule has 1 saturated heterocycles. The second-order valence-electron chi connectivity index (χ2n) is 6.37. The van der Waals surface area contributed by atoms with Crippen molar-refractivity contribution in [2.75, 3.05) is 7.11 Å². The van der Waals surface area contributed by atoms with E-state index in [2.05, 4.69) is 4.74 Å². The number of rotatable bonds is 2. The molecule has 1 aromatic rings. The SMILES string of the molecule is COC(=O)CC1CC2(O)C(=O)c3c(O)cccc3C(=O)C2(O)C(C)O1. The Morgan fingerprint density at radius 3 is 2.64 bits per heavy atom. The third-order valence-corrected chi connectivity index (χ3v) is 5.00. The summed E-state index contributed by atoms with van der Waals surface area (Å²) in [6.07, 6.45) is -2.93. The molecule has 0 bridgehead atoms. The number of aromatic hydroxyl groups is 1. The molecule has 2 aliphatic rings. The number of ketones is 2. The Morgan fingerprint density at radius 2 is 2.00 bits per heavy atom. The maximum atomic E-state index is 12.9. The van der Waals surface area contributed by atoms with E-state index < -0.39 is 53.1 Å².